The van der Waals surface area contributed by atoms with Crippen molar-refractivity contribution >= 4 is 5.82 Å². The van der Waals surface area contributed by atoms with E-state index in [9.17, 15) is 32.2 Å². The first-order valence-corrected chi connectivity index (χ1v) is 8.24. The van der Waals surface area contributed by atoms with Crippen molar-refractivity contribution in [2.24, 2.45) is 0 Å². The number of halogens is 5. The molecule has 1 aromatic carbocycles. The van der Waals surface area contributed by atoms with E-state index in [0.717, 1.165) is 12.1 Å². The third kappa shape index (κ3) is 4.14. The van der Waals surface area contributed by atoms with Crippen LogP contribution in [0.5, 0.6) is 5.75 Å². The maximum absolute atomic E-state index is 13.6. The van der Waals surface area contributed by atoms with Crippen LogP contribution < -0.4 is 4.90 Å². The van der Waals surface area contributed by atoms with Crippen LogP contribution in [0.15, 0.2) is 24.3 Å². The van der Waals surface area contributed by atoms with Crippen LogP contribution in [-0.2, 0) is 10.9 Å². The molecule has 2 aromatic rings. The number of hydrogen-bond acceptors (Lipinski definition) is 6. The number of aromatic nitrogens is 2. The molecule has 0 saturated carbocycles. The first kappa shape index (κ1) is 20.2. The summed E-state index contributed by atoms with van der Waals surface area (Å²) in [6.45, 7) is 0.582. The molecule has 11 heteroatoms. The van der Waals surface area contributed by atoms with Gasteiger partial charge in [-0.25, -0.2) is 8.78 Å². The fourth-order valence-electron chi connectivity index (χ4n) is 2.87. The third-order valence-electron chi connectivity index (χ3n) is 4.29. The Morgan fingerprint density at radius 2 is 1.96 bits per heavy atom. The van der Waals surface area contributed by atoms with Gasteiger partial charge in [0.15, 0.2) is 5.82 Å². The van der Waals surface area contributed by atoms with Gasteiger partial charge in [-0.2, -0.15) is 13.2 Å². The van der Waals surface area contributed by atoms with E-state index in [1.54, 1.807) is 4.90 Å². The average Bonchev–Trinajstić information content (AvgIpc) is 2.67. The quantitative estimate of drug-likeness (QED) is 0.762. The highest BCUT2D eigenvalue weighted by Crippen LogP contribution is 2.39. The highest BCUT2D eigenvalue weighted by molar-refractivity contribution is 5.71. The maximum atomic E-state index is 13.6. The minimum Gasteiger partial charge on any atom is -0.507 e. The summed E-state index contributed by atoms with van der Waals surface area (Å²) in [5, 5.41) is 26.7. The Morgan fingerprint density at radius 1 is 1.21 bits per heavy atom. The smallest absolute Gasteiger partial charge is 0.416 e. The molecule has 0 bridgehead atoms. The van der Waals surface area contributed by atoms with Crippen LogP contribution in [0.3, 0.4) is 0 Å². The van der Waals surface area contributed by atoms with Crippen molar-refractivity contribution in [3.8, 4) is 17.0 Å². The summed E-state index contributed by atoms with van der Waals surface area (Å²) in [5.41, 5.74) is -2.37. The molecule has 0 unspecified atom stereocenters. The lowest BCUT2D eigenvalue weighted by Crippen LogP contribution is -2.44. The topological polar surface area (TPSA) is 78.7 Å². The van der Waals surface area contributed by atoms with Crippen molar-refractivity contribution in [3.63, 3.8) is 0 Å². The molecule has 152 valence electrons. The standard InChI is InChI=1S/C17H16F5N3O3/c18-16(19)12-6-14(25-3-4-28-10(7-25)8-26)23-24-15(12)11-2-1-9(5-13(11)27)17(20,21)22/h1-2,5-6,10,16,26-27H,3-4,7-8H2/t10-/m0/s1. The molecule has 1 aromatic heterocycles. The van der Waals surface area contributed by atoms with Crippen molar-refractivity contribution in [3.05, 3.63) is 35.4 Å². The molecule has 1 aliphatic rings. The molecule has 1 saturated heterocycles. The van der Waals surface area contributed by atoms with Crippen molar-refractivity contribution < 1.29 is 36.9 Å². The molecular weight excluding hydrogens is 389 g/mol. The second-order valence-electron chi connectivity index (χ2n) is 6.16. The minimum atomic E-state index is -4.68. The molecule has 28 heavy (non-hydrogen) atoms. The average molecular weight is 405 g/mol. The van der Waals surface area contributed by atoms with Gasteiger partial charge < -0.3 is 19.8 Å². The highest BCUT2D eigenvalue weighted by Gasteiger charge is 2.32. The maximum Gasteiger partial charge on any atom is 0.416 e. The number of alkyl halides is 5. The van der Waals surface area contributed by atoms with E-state index in [1.165, 1.54) is 0 Å². The number of nitrogens with zero attached hydrogens (tertiary/aromatic N) is 3. The van der Waals surface area contributed by atoms with Gasteiger partial charge in [-0.3, -0.25) is 0 Å². The van der Waals surface area contributed by atoms with E-state index < -0.39 is 41.3 Å². The van der Waals surface area contributed by atoms with Gasteiger partial charge in [0.2, 0.25) is 0 Å². The molecule has 0 aliphatic carbocycles. The Bertz CT molecular complexity index is 847. The summed E-state index contributed by atoms with van der Waals surface area (Å²) in [4.78, 5) is 1.61. The lowest BCUT2D eigenvalue weighted by atomic mass is 10.0. The van der Waals surface area contributed by atoms with Crippen molar-refractivity contribution in [1.29, 1.82) is 0 Å². The van der Waals surface area contributed by atoms with Crippen LogP contribution in [0.2, 0.25) is 0 Å². The van der Waals surface area contributed by atoms with E-state index in [4.69, 9.17) is 4.74 Å². The number of anilines is 1. The number of hydrogen-bond donors (Lipinski definition) is 2. The predicted octanol–water partition coefficient (Wildman–Crippen LogP) is 3.00. The fourth-order valence-corrected chi connectivity index (χ4v) is 2.87. The molecule has 0 spiro atoms. The largest absolute Gasteiger partial charge is 0.507 e. The normalized spacial score (nSPS) is 18.0. The molecule has 0 radical (unpaired) electrons. The Morgan fingerprint density at radius 3 is 2.57 bits per heavy atom. The summed E-state index contributed by atoms with van der Waals surface area (Å²) in [6, 6.07) is 3.08. The first-order chi connectivity index (χ1) is 13.2. The zero-order valence-electron chi connectivity index (χ0n) is 14.3. The number of phenols is 1. The van der Waals surface area contributed by atoms with Crippen LogP contribution in [0, 0.1) is 0 Å². The molecular formula is C17H16F5N3O3. The van der Waals surface area contributed by atoms with Crippen LogP contribution in [-0.4, -0.2) is 52.8 Å². The van der Waals surface area contributed by atoms with Crippen molar-refractivity contribution in [1.82, 2.24) is 10.2 Å². The van der Waals surface area contributed by atoms with Crippen molar-refractivity contribution in [2.75, 3.05) is 31.2 Å². The van der Waals surface area contributed by atoms with Gasteiger partial charge in [0, 0.05) is 24.2 Å². The summed E-state index contributed by atoms with van der Waals surface area (Å²) in [6.07, 6.45) is -8.18. The Labute approximate surface area is 156 Å². The van der Waals surface area contributed by atoms with Crippen LogP contribution in [0.4, 0.5) is 27.8 Å². The van der Waals surface area contributed by atoms with Crippen LogP contribution in [0.1, 0.15) is 17.6 Å². The number of morpholine rings is 1. The Hall–Kier alpha value is -2.53. The molecule has 1 atom stereocenters. The molecule has 6 nitrogen and oxygen atoms in total. The zero-order valence-corrected chi connectivity index (χ0v) is 14.3. The van der Waals surface area contributed by atoms with Gasteiger partial charge in [-0.1, -0.05) is 0 Å². The second-order valence-corrected chi connectivity index (χ2v) is 6.16. The number of benzene rings is 1. The highest BCUT2D eigenvalue weighted by atomic mass is 19.4. The van der Waals surface area contributed by atoms with Gasteiger partial charge in [0.25, 0.3) is 6.43 Å². The first-order valence-electron chi connectivity index (χ1n) is 8.24. The van der Waals surface area contributed by atoms with Crippen molar-refractivity contribution in [2.45, 2.75) is 18.7 Å². The van der Waals surface area contributed by atoms with Crippen LogP contribution >= 0.6 is 0 Å². The van der Waals surface area contributed by atoms with Gasteiger partial charge in [0.1, 0.15) is 11.4 Å². The lowest BCUT2D eigenvalue weighted by molar-refractivity contribution is -0.137. The van der Waals surface area contributed by atoms with Crippen LogP contribution in [0.25, 0.3) is 11.3 Å². The Kier molecular flexibility index (Phi) is 5.66. The van der Waals surface area contributed by atoms with E-state index >= 15 is 0 Å². The minimum absolute atomic E-state index is 0.118. The molecule has 1 aliphatic heterocycles. The van der Waals surface area contributed by atoms with E-state index in [1.807, 2.05) is 0 Å². The lowest BCUT2D eigenvalue weighted by Gasteiger charge is -2.32. The summed E-state index contributed by atoms with van der Waals surface area (Å²) in [7, 11) is 0. The number of ether oxygens (including phenoxy) is 1. The molecule has 3 rings (SSSR count). The van der Waals surface area contributed by atoms with Gasteiger partial charge in [0.05, 0.1) is 24.9 Å². The Balaban J connectivity index is 1.98. The van der Waals surface area contributed by atoms with Gasteiger partial charge in [-0.15, -0.1) is 10.2 Å². The molecule has 2 N–H and O–H groups in total. The number of phenolic OH excluding ortho intramolecular Hbond substituents is 1. The SMILES string of the molecule is OC[C@@H]1CN(c2cc(C(F)F)c(-c3ccc(C(F)(F)F)cc3O)nn2)CCO1. The molecule has 2 heterocycles. The van der Waals surface area contributed by atoms with Gasteiger partial charge >= 0.3 is 6.18 Å². The molecule has 0 amide bonds. The van der Waals surface area contributed by atoms with Gasteiger partial charge in [-0.05, 0) is 24.3 Å². The monoisotopic (exact) mass is 405 g/mol. The number of rotatable bonds is 4. The number of aromatic hydroxyl groups is 1. The number of aliphatic hydroxyl groups excluding tert-OH is 1. The summed E-state index contributed by atoms with van der Waals surface area (Å²) in [5.74, 6) is -0.710. The second kappa shape index (κ2) is 7.84. The number of aliphatic hydroxyl groups is 1. The van der Waals surface area contributed by atoms with E-state index in [-0.39, 0.29) is 31.1 Å². The third-order valence-corrected chi connectivity index (χ3v) is 4.29. The fraction of sp³-hybridized carbons (Fsp3) is 0.412. The molecule has 1 fully saturated rings. The summed E-state index contributed by atoms with van der Waals surface area (Å²) >= 11 is 0. The predicted molar refractivity (Wildman–Crippen MR) is 88.1 cm³/mol. The van der Waals surface area contributed by atoms with E-state index in [2.05, 4.69) is 10.2 Å². The zero-order chi connectivity index (χ0) is 20.5. The van der Waals surface area contributed by atoms with E-state index in [0.29, 0.717) is 18.7 Å². The summed E-state index contributed by atoms with van der Waals surface area (Å²) < 4.78 is 70.7.